The molecule has 3 aliphatic rings. The van der Waals surface area contributed by atoms with E-state index in [0.29, 0.717) is 18.2 Å². The summed E-state index contributed by atoms with van der Waals surface area (Å²) in [6.45, 7) is 4.93. The van der Waals surface area contributed by atoms with Crippen molar-refractivity contribution in [2.75, 3.05) is 21.1 Å². The summed E-state index contributed by atoms with van der Waals surface area (Å²) in [5.41, 5.74) is 5.88. The van der Waals surface area contributed by atoms with Gasteiger partial charge >= 0.3 is 0 Å². The molecule has 0 radical (unpaired) electrons. The number of ketones is 4. The van der Waals surface area contributed by atoms with Crippen LogP contribution in [0, 0.1) is 23.7 Å². The molecule has 0 aromatic heterocycles. The zero-order valence-corrected chi connectivity index (χ0v) is 24.5. The first-order valence-corrected chi connectivity index (χ1v) is 14.2. The van der Waals surface area contributed by atoms with Crippen LogP contribution >= 0.6 is 0 Å². The highest BCUT2D eigenvalue weighted by molar-refractivity contribution is 6.32. The van der Waals surface area contributed by atoms with E-state index >= 15 is 0 Å². The van der Waals surface area contributed by atoms with E-state index in [4.69, 9.17) is 5.73 Å². The standard InChI is InChI=1S/C32H37N3O7/c1-15(2)35(5)14-16-7-6-8-17(11-16)19-9-10-22(36)24-20(19)12-18-13-21-26(34(3)4)28(38)25(31(33)41)30(40)32(21,42)29(39)23(18)27(24)37/h6-11,15,18,21,23,25-26,36,42H,12-14H2,1-5H3,(H2,33,41)/t18-,21-,23?,25?,26-,32-/m0/s1. The molecule has 2 aromatic rings. The quantitative estimate of drug-likeness (QED) is 0.433. The van der Waals surface area contributed by atoms with Crippen LogP contribution in [0.5, 0.6) is 5.75 Å². The fourth-order valence-electron chi connectivity index (χ4n) is 7.18. The minimum absolute atomic E-state index is 0.0104. The lowest BCUT2D eigenvalue weighted by atomic mass is 9.52. The molecule has 1 amide bonds. The Morgan fingerprint density at radius 2 is 1.76 bits per heavy atom. The monoisotopic (exact) mass is 575 g/mol. The lowest BCUT2D eigenvalue weighted by molar-refractivity contribution is -0.181. The zero-order chi connectivity index (χ0) is 30.8. The van der Waals surface area contributed by atoms with Crippen molar-refractivity contribution in [3.05, 3.63) is 53.1 Å². The number of phenolic OH excluding ortho intramolecular Hbond substituents is 1. The number of phenols is 1. The molecule has 5 rings (SSSR count). The SMILES string of the molecule is CC(C)N(C)Cc1cccc(-c2ccc(O)c3c2C[C@H]2C[C@H]4[C@H](N(C)C)C(=O)C(C(N)=O)C(=O)[C@@]4(O)C(=O)C2C3=O)c1. The average molecular weight is 576 g/mol. The topological polar surface area (TPSA) is 158 Å². The number of fused-ring (bicyclic) bond motifs is 3. The molecule has 0 heterocycles. The highest BCUT2D eigenvalue weighted by atomic mass is 16.3. The van der Waals surface area contributed by atoms with Crippen LogP contribution in [0.3, 0.4) is 0 Å². The number of aliphatic hydroxyl groups is 1. The van der Waals surface area contributed by atoms with E-state index in [1.165, 1.54) is 11.0 Å². The number of benzene rings is 2. The maximum atomic E-state index is 14.0. The maximum Gasteiger partial charge on any atom is 0.235 e. The van der Waals surface area contributed by atoms with Gasteiger partial charge in [0, 0.05) is 18.5 Å². The number of hydrogen-bond donors (Lipinski definition) is 3. The molecule has 6 atom stereocenters. The minimum atomic E-state index is -2.74. The molecule has 2 saturated carbocycles. The van der Waals surface area contributed by atoms with Crippen molar-refractivity contribution in [1.29, 1.82) is 0 Å². The third kappa shape index (κ3) is 4.40. The van der Waals surface area contributed by atoms with Gasteiger partial charge in [-0.2, -0.15) is 0 Å². The largest absolute Gasteiger partial charge is 0.507 e. The number of carbonyl (C=O) groups is 5. The minimum Gasteiger partial charge on any atom is -0.507 e. The number of hydrogen-bond acceptors (Lipinski definition) is 9. The smallest absolute Gasteiger partial charge is 0.235 e. The van der Waals surface area contributed by atoms with Crippen LogP contribution in [-0.4, -0.2) is 87.9 Å². The molecule has 0 bridgehead atoms. The highest BCUT2D eigenvalue weighted by Crippen LogP contribution is 2.51. The summed E-state index contributed by atoms with van der Waals surface area (Å²) in [6.07, 6.45) is 0.226. The predicted molar refractivity (Wildman–Crippen MR) is 153 cm³/mol. The van der Waals surface area contributed by atoms with Crippen molar-refractivity contribution in [3.8, 4) is 16.9 Å². The van der Waals surface area contributed by atoms with Gasteiger partial charge in [0.05, 0.1) is 17.5 Å². The van der Waals surface area contributed by atoms with Gasteiger partial charge in [-0.1, -0.05) is 24.3 Å². The Hall–Kier alpha value is -3.73. The molecule has 4 N–H and O–H groups in total. The van der Waals surface area contributed by atoms with Crippen molar-refractivity contribution in [1.82, 2.24) is 9.80 Å². The van der Waals surface area contributed by atoms with Gasteiger partial charge in [-0.25, -0.2) is 0 Å². The van der Waals surface area contributed by atoms with Gasteiger partial charge in [0.25, 0.3) is 0 Å². The number of carbonyl (C=O) groups excluding carboxylic acids is 5. The summed E-state index contributed by atoms with van der Waals surface area (Å²) in [5, 5.41) is 22.6. The summed E-state index contributed by atoms with van der Waals surface area (Å²) in [5.74, 6) is -10.5. The fraction of sp³-hybridized carbons (Fsp3) is 0.469. The van der Waals surface area contributed by atoms with Crippen molar-refractivity contribution in [2.24, 2.45) is 29.4 Å². The van der Waals surface area contributed by atoms with Gasteiger partial charge < -0.3 is 15.9 Å². The number of nitrogens with zero attached hydrogens (tertiary/aromatic N) is 2. The molecule has 10 nitrogen and oxygen atoms in total. The van der Waals surface area contributed by atoms with E-state index < -0.39 is 64.4 Å². The second kappa shape index (κ2) is 10.5. The normalized spacial score (nSPS) is 29.1. The molecule has 3 aliphatic carbocycles. The summed E-state index contributed by atoms with van der Waals surface area (Å²) >= 11 is 0. The van der Waals surface area contributed by atoms with Crippen LogP contribution < -0.4 is 5.73 Å². The summed E-state index contributed by atoms with van der Waals surface area (Å²) in [6, 6.07) is 10.3. The number of Topliss-reactive ketones (excluding diaryl/α,β-unsaturated/α-hetero) is 4. The molecular weight excluding hydrogens is 538 g/mol. The van der Waals surface area contributed by atoms with E-state index in [-0.39, 0.29) is 24.2 Å². The molecular formula is C32H37N3O7. The Balaban J connectivity index is 1.60. The maximum absolute atomic E-state index is 14.0. The Morgan fingerprint density at radius 3 is 2.38 bits per heavy atom. The molecule has 2 unspecified atom stereocenters. The molecule has 2 fully saturated rings. The van der Waals surface area contributed by atoms with Crippen LogP contribution in [0.2, 0.25) is 0 Å². The second-order valence-electron chi connectivity index (χ2n) is 12.5. The van der Waals surface area contributed by atoms with E-state index in [2.05, 4.69) is 18.7 Å². The Morgan fingerprint density at radius 1 is 1.07 bits per heavy atom. The molecule has 42 heavy (non-hydrogen) atoms. The van der Waals surface area contributed by atoms with Gasteiger partial charge in [0.15, 0.2) is 34.7 Å². The molecule has 2 aromatic carbocycles. The van der Waals surface area contributed by atoms with Crippen LogP contribution in [0.25, 0.3) is 11.1 Å². The number of nitrogens with two attached hydrogens (primary N) is 1. The average Bonchev–Trinajstić information content (AvgIpc) is 2.90. The summed E-state index contributed by atoms with van der Waals surface area (Å²) in [4.78, 5) is 70.5. The van der Waals surface area contributed by atoms with E-state index in [0.717, 1.165) is 16.7 Å². The third-order valence-electron chi connectivity index (χ3n) is 9.50. The van der Waals surface area contributed by atoms with Crippen LogP contribution in [0.1, 0.15) is 41.8 Å². The zero-order valence-electron chi connectivity index (χ0n) is 24.5. The van der Waals surface area contributed by atoms with E-state index in [1.807, 2.05) is 31.3 Å². The Kier molecular flexibility index (Phi) is 7.45. The van der Waals surface area contributed by atoms with Gasteiger partial charge in [-0.15, -0.1) is 0 Å². The number of amides is 1. The van der Waals surface area contributed by atoms with Gasteiger partial charge in [-0.3, -0.25) is 33.8 Å². The van der Waals surface area contributed by atoms with Crippen LogP contribution in [0.15, 0.2) is 36.4 Å². The summed E-state index contributed by atoms with van der Waals surface area (Å²) in [7, 11) is 5.16. The Bertz CT molecular complexity index is 1520. The first-order valence-electron chi connectivity index (χ1n) is 14.2. The Labute approximate surface area is 244 Å². The molecule has 0 saturated heterocycles. The van der Waals surface area contributed by atoms with Gasteiger partial charge in [0.1, 0.15) is 5.75 Å². The van der Waals surface area contributed by atoms with Crippen molar-refractivity contribution in [2.45, 2.75) is 50.9 Å². The lowest BCUT2D eigenvalue weighted by Gasteiger charge is -2.52. The van der Waals surface area contributed by atoms with Crippen molar-refractivity contribution < 1.29 is 34.2 Å². The predicted octanol–water partition coefficient (Wildman–Crippen LogP) is 1.37. The number of primary amides is 1. The first-order chi connectivity index (χ1) is 19.7. The van der Waals surface area contributed by atoms with Gasteiger partial charge in [-0.05, 0) is 88.1 Å². The lowest BCUT2D eigenvalue weighted by Crippen LogP contribution is -2.74. The number of aromatic hydroxyl groups is 1. The first kappa shape index (κ1) is 29.8. The van der Waals surface area contributed by atoms with E-state index in [1.54, 1.807) is 20.2 Å². The third-order valence-corrected chi connectivity index (χ3v) is 9.50. The molecule has 0 aliphatic heterocycles. The number of likely N-dealkylation sites (N-methyl/N-ethyl adjacent to an activating group) is 1. The van der Waals surface area contributed by atoms with Crippen molar-refractivity contribution >= 4 is 29.0 Å². The van der Waals surface area contributed by atoms with Gasteiger partial charge in [0.2, 0.25) is 5.91 Å². The van der Waals surface area contributed by atoms with Crippen LogP contribution in [0.4, 0.5) is 0 Å². The van der Waals surface area contributed by atoms with E-state index in [9.17, 15) is 34.2 Å². The second-order valence-corrected chi connectivity index (χ2v) is 12.5. The fourth-order valence-corrected chi connectivity index (χ4v) is 7.18. The molecule has 0 spiro atoms. The van der Waals surface area contributed by atoms with Crippen molar-refractivity contribution in [3.63, 3.8) is 0 Å². The summed E-state index contributed by atoms with van der Waals surface area (Å²) < 4.78 is 0. The van der Waals surface area contributed by atoms with Crippen LogP contribution in [-0.2, 0) is 32.1 Å². The molecule has 222 valence electrons. The molecule has 10 heteroatoms. The number of rotatable bonds is 6. The highest BCUT2D eigenvalue weighted by Gasteiger charge is 2.69.